The maximum Gasteiger partial charge on any atom is 0.321 e. The molecule has 3 rings (SSSR count). The maximum atomic E-state index is 12.0. The highest BCUT2D eigenvalue weighted by Gasteiger charge is 2.24. The summed E-state index contributed by atoms with van der Waals surface area (Å²) >= 11 is 7.44. The second-order valence-corrected chi connectivity index (χ2v) is 6.48. The van der Waals surface area contributed by atoms with Gasteiger partial charge >= 0.3 is 6.03 Å². The van der Waals surface area contributed by atoms with Crippen molar-refractivity contribution in [3.05, 3.63) is 45.4 Å². The van der Waals surface area contributed by atoms with Gasteiger partial charge in [-0.25, -0.2) is 9.78 Å². The number of aromatic nitrogens is 1. The van der Waals surface area contributed by atoms with Gasteiger partial charge in [-0.2, -0.15) is 0 Å². The van der Waals surface area contributed by atoms with Crippen LogP contribution in [0.5, 0.6) is 0 Å². The highest BCUT2D eigenvalue weighted by Crippen LogP contribution is 2.32. The number of aryl methyl sites for hydroxylation is 2. The Morgan fingerprint density at radius 2 is 2.35 bits per heavy atom. The lowest BCUT2D eigenvalue weighted by atomic mass is 10.1. The van der Waals surface area contributed by atoms with E-state index in [9.17, 15) is 4.79 Å². The van der Waals surface area contributed by atoms with Crippen molar-refractivity contribution in [3.63, 3.8) is 0 Å². The summed E-state index contributed by atoms with van der Waals surface area (Å²) in [5, 5.41) is 7.11. The fourth-order valence-corrected chi connectivity index (χ4v) is 3.29. The van der Waals surface area contributed by atoms with Crippen molar-refractivity contribution in [2.75, 3.05) is 5.32 Å². The Morgan fingerprint density at radius 1 is 1.50 bits per heavy atom. The van der Waals surface area contributed by atoms with Gasteiger partial charge in [0.15, 0.2) is 5.13 Å². The van der Waals surface area contributed by atoms with Crippen LogP contribution in [0.4, 0.5) is 9.93 Å². The number of hydrogen-bond acceptors (Lipinski definition) is 3. The minimum absolute atomic E-state index is 0.0447. The van der Waals surface area contributed by atoms with Gasteiger partial charge in [0.1, 0.15) is 0 Å². The second kappa shape index (κ2) is 5.42. The second-order valence-electron chi connectivity index (χ2n) is 4.81. The van der Waals surface area contributed by atoms with Crippen molar-refractivity contribution in [3.8, 4) is 0 Å². The van der Waals surface area contributed by atoms with E-state index in [-0.39, 0.29) is 12.1 Å². The van der Waals surface area contributed by atoms with Crippen LogP contribution < -0.4 is 10.6 Å². The van der Waals surface area contributed by atoms with Gasteiger partial charge in [-0.3, -0.25) is 5.32 Å². The van der Waals surface area contributed by atoms with Crippen LogP contribution >= 0.6 is 22.9 Å². The number of nitrogens with one attached hydrogen (secondary N) is 2. The van der Waals surface area contributed by atoms with Crippen molar-refractivity contribution in [1.82, 2.24) is 10.3 Å². The Labute approximate surface area is 126 Å². The molecule has 1 aromatic heterocycles. The molecule has 0 fully saturated rings. The molecule has 4 nitrogen and oxygen atoms in total. The number of hydrogen-bond donors (Lipinski definition) is 2. The van der Waals surface area contributed by atoms with Crippen molar-refractivity contribution < 1.29 is 4.79 Å². The third-order valence-corrected chi connectivity index (χ3v) is 4.39. The molecule has 0 spiro atoms. The summed E-state index contributed by atoms with van der Waals surface area (Å²) in [4.78, 5) is 17.2. The number of anilines is 1. The van der Waals surface area contributed by atoms with E-state index in [0.717, 1.165) is 28.3 Å². The van der Waals surface area contributed by atoms with Gasteiger partial charge in [-0.1, -0.05) is 17.7 Å². The zero-order valence-corrected chi connectivity index (χ0v) is 12.5. The monoisotopic (exact) mass is 307 g/mol. The molecular weight excluding hydrogens is 294 g/mol. The van der Waals surface area contributed by atoms with E-state index in [1.807, 2.05) is 25.1 Å². The molecule has 1 heterocycles. The maximum absolute atomic E-state index is 12.0. The van der Waals surface area contributed by atoms with Crippen LogP contribution in [0.15, 0.2) is 24.4 Å². The smallest absolute Gasteiger partial charge is 0.321 e. The molecule has 0 saturated heterocycles. The van der Waals surface area contributed by atoms with Crippen molar-refractivity contribution in [1.29, 1.82) is 0 Å². The molecule has 1 atom stereocenters. The largest absolute Gasteiger partial charge is 0.331 e. The summed E-state index contributed by atoms with van der Waals surface area (Å²) in [6.45, 7) is 1.96. The standard InChI is InChI=1S/C14H14ClN3OS/c1-8-7-16-14(20-8)18-13(19)17-12-5-2-9-6-10(15)3-4-11(9)12/h3-4,6-7,12H,2,5H2,1H3,(H2,16,17,18,19). The molecule has 20 heavy (non-hydrogen) atoms. The molecule has 1 unspecified atom stereocenters. The molecular formula is C14H14ClN3OS. The first-order valence-electron chi connectivity index (χ1n) is 6.40. The highest BCUT2D eigenvalue weighted by atomic mass is 35.5. The third-order valence-electron chi connectivity index (χ3n) is 3.33. The molecule has 6 heteroatoms. The molecule has 2 N–H and O–H groups in total. The quantitative estimate of drug-likeness (QED) is 0.883. The lowest BCUT2D eigenvalue weighted by Crippen LogP contribution is -2.31. The summed E-state index contributed by atoms with van der Waals surface area (Å²) in [5.41, 5.74) is 2.37. The molecule has 0 radical (unpaired) electrons. The Kier molecular flexibility index (Phi) is 3.63. The fourth-order valence-electron chi connectivity index (χ4n) is 2.44. The van der Waals surface area contributed by atoms with Crippen LogP contribution in [0, 0.1) is 6.92 Å². The summed E-state index contributed by atoms with van der Waals surface area (Å²) in [7, 11) is 0. The molecule has 1 aliphatic carbocycles. The Balaban J connectivity index is 1.66. The van der Waals surface area contributed by atoms with Crippen LogP contribution in [-0.2, 0) is 6.42 Å². The average molecular weight is 308 g/mol. The molecule has 1 aromatic carbocycles. The van der Waals surface area contributed by atoms with E-state index >= 15 is 0 Å². The minimum atomic E-state index is -0.216. The van der Waals surface area contributed by atoms with Crippen molar-refractivity contribution in [2.45, 2.75) is 25.8 Å². The van der Waals surface area contributed by atoms with Gasteiger partial charge in [-0.15, -0.1) is 11.3 Å². The fraction of sp³-hybridized carbons (Fsp3) is 0.286. The van der Waals surface area contributed by atoms with Crippen LogP contribution in [0.2, 0.25) is 5.02 Å². The zero-order chi connectivity index (χ0) is 14.1. The van der Waals surface area contributed by atoms with E-state index in [1.54, 1.807) is 6.20 Å². The first kappa shape index (κ1) is 13.4. The Morgan fingerprint density at radius 3 is 3.10 bits per heavy atom. The third kappa shape index (κ3) is 2.78. The van der Waals surface area contributed by atoms with Crippen molar-refractivity contribution >= 4 is 34.1 Å². The van der Waals surface area contributed by atoms with Crippen LogP contribution in [0.25, 0.3) is 0 Å². The summed E-state index contributed by atoms with van der Waals surface area (Å²) in [6, 6.07) is 5.65. The molecule has 2 amide bonds. The van der Waals surface area contributed by atoms with E-state index in [0.29, 0.717) is 5.13 Å². The van der Waals surface area contributed by atoms with Crippen LogP contribution in [-0.4, -0.2) is 11.0 Å². The summed E-state index contributed by atoms with van der Waals surface area (Å²) < 4.78 is 0. The molecule has 2 aromatic rings. The Hall–Kier alpha value is -1.59. The summed E-state index contributed by atoms with van der Waals surface area (Å²) in [5.74, 6) is 0. The number of amides is 2. The number of fused-ring (bicyclic) bond motifs is 1. The van der Waals surface area contributed by atoms with Crippen molar-refractivity contribution in [2.24, 2.45) is 0 Å². The van der Waals surface area contributed by atoms with Crippen LogP contribution in [0.1, 0.15) is 28.5 Å². The number of benzene rings is 1. The van der Waals surface area contributed by atoms with Gasteiger partial charge in [0.2, 0.25) is 0 Å². The normalized spacial score (nSPS) is 16.8. The molecule has 0 bridgehead atoms. The van der Waals surface area contributed by atoms with E-state index in [1.165, 1.54) is 16.9 Å². The number of rotatable bonds is 2. The molecule has 1 aliphatic rings. The first-order chi connectivity index (χ1) is 9.61. The molecule has 0 saturated carbocycles. The lowest BCUT2D eigenvalue weighted by molar-refractivity contribution is 0.248. The number of urea groups is 1. The van der Waals surface area contributed by atoms with E-state index < -0.39 is 0 Å². The predicted octanol–water partition coefficient (Wildman–Crippen LogP) is 3.91. The lowest BCUT2D eigenvalue weighted by Gasteiger charge is -2.14. The van der Waals surface area contributed by atoms with E-state index in [2.05, 4.69) is 15.6 Å². The number of carbonyl (C=O) groups excluding carboxylic acids is 1. The molecule has 0 aliphatic heterocycles. The Bertz CT molecular complexity index is 656. The molecule has 104 valence electrons. The number of thiazole rings is 1. The topological polar surface area (TPSA) is 54.0 Å². The van der Waals surface area contributed by atoms with Gasteiger partial charge in [-0.05, 0) is 43.0 Å². The van der Waals surface area contributed by atoms with Gasteiger partial charge < -0.3 is 5.32 Å². The minimum Gasteiger partial charge on any atom is -0.331 e. The number of nitrogens with zero attached hydrogens (tertiary/aromatic N) is 1. The SMILES string of the molecule is Cc1cnc(NC(=O)NC2CCc3cc(Cl)ccc32)s1. The average Bonchev–Trinajstić information content (AvgIpc) is 2.96. The van der Waals surface area contributed by atoms with Gasteiger partial charge in [0.05, 0.1) is 6.04 Å². The highest BCUT2D eigenvalue weighted by molar-refractivity contribution is 7.15. The van der Waals surface area contributed by atoms with E-state index in [4.69, 9.17) is 11.6 Å². The summed E-state index contributed by atoms with van der Waals surface area (Å²) in [6.07, 6.45) is 3.59. The van der Waals surface area contributed by atoms with Crippen LogP contribution in [0.3, 0.4) is 0 Å². The van der Waals surface area contributed by atoms with Gasteiger partial charge in [0.25, 0.3) is 0 Å². The predicted molar refractivity (Wildman–Crippen MR) is 81.5 cm³/mol. The van der Waals surface area contributed by atoms with Gasteiger partial charge in [0, 0.05) is 16.1 Å². The first-order valence-corrected chi connectivity index (χ1v) is 7.59. The zero-order valence-electron chi connectivity index (χ0n) is 10.9. The number of carbonyl (C=O) groups is 1. The number of halogens is 1.